The Labute approximate surface area is 174 Å². The summed E-state index contributed by atoms with van der Waals surface area (Å²) in [5.41, 5.74) is 0. The fraction of sp³-hybridized carbons (Fsp3) is 0.579. The van der Waals surface area contributed by atoms with Gasteiger partial charge in [0.25, 0.3) is 0 Å². The maximum atomic E-state index is 13.1. The third kappa shape index (κ3) is 4.05. The summed E-state index contributed by atoms with van der Waals surface area (Å²) in [5, 5.41) is 9.10. The van der Waals surface area contributed by atoms with E-state index in [0.29, 0.717) is 36.5 Å². The predicted octanol–water partition coefficient (Wildman–Crippen LogP) is 3.34. The zero-order valence-corrected chi connectivity index (χ0v) is 18.2. The first-order valence-electron chi connectivity index (χ1n) is 9.76. The van der Waals surface area contributed by atoms with E-state index in [1.54, 1.807) is 15.9 Å². The lowest BCUT2D eigenvalue weighted by atomic mass is 9.94. The number of likely N-dealkylation sites (tertiary alicyclic amines) is 1. The lowest BCUT2D eigenvalue weighted by Gasteiger charge is -2.35. The molecule has 0 spiro atoms. The topological polar surface area (TPSA) is 74.2 Å². The molecule has 7 nitrogen and oxygen atoms in total. The molecule has 3 rings (SSSR count). The Morgan fingerprint density at radius 3 is 2.61 bits per heavy atom. The molecule has 3 heterocycles. The van der Waals surface area contributed by atoms with Crippen molar-refractivity contribution in [3.63, 3.8) is 0 Å². The maximum Gasteiger partial charge on any atom is 0.245 e. The molecular formula is C19H27N5O2S2. The summed E-state index contributed by atoms with van der Waals surface area (Å²) in [6, 6.07) is 3.47. The zero-order valence-electron chi connectivity index (χ0n) is 16.6. The van der Waals surface area contributed by atoms with E-state index < -0.39 is 6.04 Å². The van der Waals surface area contributed by atoms with Gasteiger partial charge in [0.15, 0.2) is 10.6 Å². The number of aromatic nitrogens is 3. The van der Waals surface area contributed by atoms with Crippen molar-refractivity contribution in [3.05, 3.63) is 22.3 Å². The van der Waals surface area contributed by atoms with E-state index in [2.05, 4.69) is 10.2 Å². The molecule has 152 valence electrons. The lowest BCUT2D eigenvalue weighted by molar-refractivity contribution is -0.141. The summed E-state index contributed by atoms with van der Waals surface area (Å²) in [6.07, 6.45) is 1.42. The number of carbonyl (C=O) groups is 2. The van der Waals surface area contributed by atoms with E-state index in [1.165, 1.54) is 0 Å². The van der Waals surface area contributed by atoms with Crippen LogP contribution in [-0.2, 0) is 9.59 Å². The van der Waals surface area contributed by atoms with Crippen molar-refractivity contribution in [1.82, 2.24) is 24.6 Å². The van der Waals surface area contributed by atoms with Gasteiger partial charge in [-0.2, -0.15) is 5.10 Å². The van der Waals surface area contributed by atoms with Crippen molar-refractivity contribution in [2.75, 3.05) is 26.2 Å². The van der Waals surface area contributed by atoms with Gasteiger partial charge < -0.3 is 9.80 Å². The van der Waals surface area contributed by atoms with Gasteiger partial charge >= 0.3 is 0 Å². The minimum atomic E-state index is -0.446. The molecule has 2 aromatic rings. The number of thiophene rings is 1. The predicted molar refractivity (Wildman–Crippen MR) is 113 cm³/mol. The Bertz CT molecular complexity index is 861. The lowest BCUT2D eigenvalue weighted by Crippen LogP contribution is -2.46. The van der Waals surface area contributed by atoms with Crippen molar-refractivity contribution in [2.24, 2.45) is 5.92 Å². The number of nitrogens with zero attached hydrogens (tertiary/aromatic N) is 4. The molecule has 2 amide bonds. The normalized spacial score (nSPS) is 16.2. The number of aromatic amines is 1. The molecule has 1 saturated heterocycles. The summed E-state index contributed by atoms with van der Waals surface area (Å²) in [4.78, 5) is 30.4. The molecule has 0 aliphatic carbocycles. The summed E-state index contributed by atoms with van der Waals surface area (Å²) in [7, 11) is 0. The molecule has 1 fully saturated rings. The van der Waals surface area contributed by atoms with Crippen molar-refractivity contribution < 1.29 is 9.59 Å². The number of carbonyl (C=O) groups excluding carboxylic acids is 2. The number of piperidine rings is 1. The largest absolute Gasteiger partial charge is 0.343 e. The molecule has 2 aromatic heterocycles. The van der Waals surface area contributed by atoms with Gasteiger partial charge in [-0.15, -0.1) is 11.3 Å². The highest BCUT2D eigenvalue weighted by Gasteiger charge is 2.32. The average Bonchev–Trinajstić information content (AvgIpc) is 3.37. The fourth-order valence-corrected chi connectivity index (χ4v) is 4.76. The van der Waals surface area contributed by atoms with Crippen LogP contribution in [0, 0.1) is 10.7 Å². The number of H-pyrrole nitrogens is 1. The van der Waals surface area contributed by atoms with Crippen molar-refractivity contribution >= 4 is 35.4 Å². The second kappa shape index (κ2) is 9.00. The Kier molecular flexibility index (Phi) is 6.66. The molecule has 0 aromatic carbocycles. The maximum absolute atomic E-state index is 13.1. The molecule has 1 unspecified atom stereocenters. The second-order valence-electron chi connectivity index (χ2n) is 6.99. The van der Waals surface area contributed by atoms with Gasteiger partial charge in [0.1, 0.15) is 6.04 Å². The van der Waals surface area contributed by atoms with Crippen LogP contribution in [0.15, 0.2) is 17.5 Å². The highest BCUT2D eigenvalue weighted by molar-refractivity contribution is 7.71. The monoisotopic (exact) mass is 421 g/mol. The molecular weight excluding hydrogens is 394 g/mol. The molecule has 1 aliphatic rings. The molecule has 1 atom stereocenters. The van der Waals surface area contributed by atoms with Gasteiger partial charge in [0.2, 0.25) is 11.8 Å². The first kappa shape index (κ1) is 20.7. The van der Waals surface area contributed by atoms with Crippen molar-refractivity contribution in [1.29, 1.82) is 0 Å². The van der Waals surface area contributed by atoms with Crippen LogP contribution in [0.2, 0.25) is 0 Å². The standard InChI is InChI=1S/C19H27N5O2S2/c1-4-22(5-2)18(26)14-8-10-23(11-9-14)17(25)13(3)24-16(20-21-19(24)27)15-7-6-12-28-15/h6-7,12-14H,4-5,8-11H2,1-3H3,(H,21,27). The Morgan fingerprint density at radius 1 is 1.36 bits per heavy atom. The zero-order chi connectivity index (χ0) is 20.3. The molecule has 0 saturated carbocycles. The van der Waals surface area contributed by atoms with Gasteiger partial charge in [-0.05, 0) is 57.3 Å². The first-order chi connectivity index (χ1) is 13.5. The third-order valence-electron chi connectivity index (χ3n) is 5.42. The number of hydrogen-bond donors (Lipinski definition) is 1. The Morgan fingerprint density at radius 2 is 2.04 bits per heavy atom. The van der Waals surface area contributed by atoms with Gasteiger partial charge in [-0.25, -0.2) is 0 Å². The first-order valence-corrected chi connectivity index (χ1v) is 11.0. The molecule has 28 heavy (non-hydrogen) atoms. The molecule has 0 radical (unpaired) electrons. The molecule has 1 aliphatic heterocycles. The highest BCUT2D eigenvalue weighted by atomic mass is 32.1. The van der Waals surface area contributed by atoms with Crippen LogP contribution in [-0.4, -0.2) is 62.6 Å². The smallest absolute Gasteiger partial charge is 0.245 e. The van der Waals surface area contributed by atoms with Crippen LogP contribution in [0.3, 0.4) is 0 Å². The Balaban J connectivity index is 1.69. The van der Waals surface area contributed by atoms with Crippen molar-refractivity contribution in [3.8, 4) is 10.7 Å². The molecule has 9 heteroatoms. The minimum Gasteiger partial charge on any atom is -0.343 e. The van der Waals surface area contributed by atoms with Crippen LogP contribution in [0.1, 0.15) is 39.7 Å². The van der Waals surface area contributed by atoms with Gasteiger partial charge in [0, 0.05) is 32.1 Å². The summed E-state index contributed by atoms with van der Waals surface area (Å²) in [5.74, 6) is 0.927. The minimum absolute atomic E-state index is 0.0111. The number of rotatable bonds is 6. The molecule has 1 N–H and O–H groups in total. The van der Waals surface area contributed by atoms with Gasteiger partial charge in [-0.1, -0.05) is 6.07 Å². The number of hydrogen-bond acceptors (Lipinski definition) is 5. The van der Waals surface area contributed by atoms with E-state index in [-0.39, 0.29) is 17.7 Å². The fourth-order valence-electron chi connectivity index (χ4n) is 3.76. The third-order valence-corrected chi connectivity index (χ3v) is 6.58. The van der Waals surface area contributed by atoms with E-state index >= 15 is 0 Å². The number of amides is 2. The molecule has 0 bridgehead atoms. The van der Waals surface area contributed by atoms with Crippen LogP contribution >= 0.6 is 23.6 Å². The van der Waals surface area contributed by atoms with Crippen molar-refractivity contribution in [2.45, 2.75) is 39.7 Å². The highest BCUT2D eigenvalue weighted by Crippen LogP contribution is 2.27. The van der Waals surface area contributed by atoms with Crippen LogP contribution in [0.4, 0.5) is 0 Å². The summed E-state index contributed by atoms with van der Waals surface area (Å²) in [6.45, 7) is 8.52. The van der Waals surface area contributed by atoms with Crippen LogP contribution in [0.25, 0.3) is 10.7 Å². The summed E-state index contributed by atoms with van der Waals surface area (Å²) >= 11 is 6.94. The summed E-state index contributed by atoms with van der Waals surface area (Å²) < 4.78 is 2.23. The van der Waals surface area contributed by atoms with E-state index in [4.69, 9.17) is 12.2 Å². The number of nitrogens with one attached hydrogen (secondary N) is 1. The van der Waals surface area contributed by atoms with Gasteiger partial charge in [0.05, 0.1) is 4.88 Å². The van der Waals surface area contributed by atoms with E-state index in [9.17, 15) is 9.59 Å². The van der Waals surface area contributed by atoms with Crippen LogP contribution in [0.5, 0.6) is 0 Å². The average molecular weight is 422 g/mol. The van der Waals surface area contributed by atoms with Gasteiger partial charge in [-0.3, -0.25) is 19.3 Å². The second-order valence-corrected chi connectivity index (χ2v) is 8.32. The van der Waals surface area contributed by atoms with E-state index in [0.717, 1.165) is 18.0 Å². The quantitative estimate of drug-likeness (QED) is 0.726. The Hall–Kier alpha value is -2.00. The van der Waals surface area contributed by atoms with Crippen LogP contribution < -0.4 is 0 Å². The van der Waals surface area contributed by atoms with E-state index in [1.807, 2.05) is 48.1 Å². The SMILES string of the molecule is CCN(CC)C(=O)C1CCN(C(=O)C(C)n2c(-c3cccs3)n[nH]c2=S)CC1.